The van der Waals surface area contributed by atoms with Gasteiger partial charge in [0.2, 0.25) is 0 Å². The molecule has 5 aliphatic rings. The summed E-state index contributed by atoms with van der Waals surface area (Å²) in [6.07, 6.45) is 17.0. The molecule has 9 nitrogen and oxygen atoms in total. The molecule has 250 valence electrons. The Morgan fingerprint density at radius 2 is 1.89 bits per heavy atom. The van der Waals surface area contributed by atoms with E-state index in [-0.39, 0.29) is 23.5 Å². The molecule has 0 spiro atoms. The van der Waals surface area contributed by atoms with Crippen molar-refractivity contribution >= 4 is 17.7 Å². The van der Waals surface area contributed by atoms with Crippen LogP contribution in [0.15, 0.2) is 53.5 Å². The van der Waals surface area contributed by atoms with Gasteiger partial charge in [-0.25, -0.2) is 0 Å². The summed E-state index contributed by atoms with van der Waals surface area (Å²) in [4.78, 5) is 33.0. The third kappa shape index (κ3) is 6.68. The van der Waals surface area contributed by atoms with Crippen LogP contribution >= 0.6 is 0 Å². The molecule has 9 heteroatoms. The normalized spacial score (nSPS) is 38.5. The van der Waals surface area contributed by atoms with Crippen molar-refractivity contribution in [2.24, 2.45) is 39.7 Å². The molecule has 10 atom stereocenters. The van der Waals surface area contributed by atoms with Crippen molar-refractivity contribution in [3.05, 3.63) is 53.9 Å². The Morgan fingerprint density at radius 1 is 1.04 bits per heavy atom. The number of fused-ring (bicyclic) bond motifs is 5. The fourth-order valence-corrected chi connectivity index (χ4v) is 9.71. The summed E-state index contributed by atoms with van der Waals surface area (Å²) >= 11 is 0. The summed E-state index contributed by atoms with van der Waals surface area (Å²) in [5, 5.41) is 4.62. The van der Waals surface area contributed by atoms with Crippen molar-refractivity contribution in [2.75, 3.05) is 6.61 Å². The Hall–Kier alpha value is -3.04. The van der Waals surface area contributed by atoms with E-state index in [4.69, 9.17) is 23.8 Å². The highest BCUT2D eigenvalue weighted by Crippen LogP contribution is 2.66. The molecule has 0 saturated heterocycles. The first kappa shape index (κ1) is 32.9. The number of esters is 2. The maximum absolute atomic E-state index is 11.6. The number of aromatic nitrogens is 1. The fourth-order valence-electron chi connectivity index (χ4n) is 9.71. The van der Waals surface area contributed by atoms with Crippen molar-refractivity contribution in [1.29, 1.82) is 0 Å². The molecule has 1 aromatic heterocycles. The minimum atomic E-state index is -0.620. The monoisotopic (exact) mass is 634 g/mol. The van der Waals surface area contributed by atoms with Crippen LogP contribution in [0.3, 0.4) is 0 Å². The van der Waals surface area contributed by atoms with Crippen molar-refractivity contribution < 1.29 is 33.4 Å². The Labute approximate surface area is 273 Å². The first-order valence-electron chi connectivity index (χ1n) is 17.1. The van der Waals surface area contributed by atoms with E-state index < -0.39 is 30.4 Å². The maximum atomic E-state index is 11.6. The lowest BCUT2D eigenvalue weighted by atomic mass is 9.47. The summed E-state index contributed by atoms with van der Waals surface area (Å²) in [5.41, 5.74) is 4.16. The van der Waals surface area contributed by atoms with Crippen LogP contribution in [0.25, 0.3) is 0 Å². The first-order valence-corrected chi connectivity index (χ1v) is 17.1. The van der Waals surface area contributed by atoms with Gasteiger partial charge in [-0.05, 0) is 105 Å². The molecule has 4 aliphatic carbocycles. The van der Waals surface area contributed by atoms with Crippen LogP contribution < -0.4 is 0 Å². The van der Waals surface area contributed by atoms with E-state index in [1.54, 1.807) is 17.8 Å². The summed E-state index contributed by atoms with van der Waals surface area (Å²) in [7, 11) is 0. The Kier molecular flexibility index (Phi) is 9.72. The van der Waals surface area contributed by atoms with Crippen LogP contribution in [-0.4, -0.2) is 53.8 Å². The van der Waals surface area contributed by atoms with E-state index in [0.717, 1.165) is 37.0 Å². The summed E-state index contributed by atoms with van der Waals surface area (Å²) in [5.74, 6) is 1.73. The largest absolute Gasteiger partial charge is 0.463 e. The smallest absolute Gasteiger partial charge is 0.303 e. The first-order chi connectivity index (χ1) is 22.1. The Bertz CT molecular complexity index is 1360. The van der Waals surface area contributed by atoms with Gasteiger partial charge in [-0.2, -0.15) is 0 Å². The number of hydrogen-bond donors (Lipinski definition) is 0. The second-order valence-electron chi connectivity index (χ2n) is 14.6. The molecule has 46 heavy (non-hydrogen) atoms. The van der Waals surface area contributed by atoms with Gasteiger partial charge in [-0.15, -0.1) is 0 Å². The van der Waals surface area contributed by atoms with E-state index in [9.17, 15) is 9.59 Å². The van der Waals surface area contributed by atoms with Gasteiger partial charge < -0.3 is 23.8 Å². The third-order valence-corrected chi connectivity index (χ3v) is 11.9. The van der Waals surface area contributed by atoms with Crippen molar-refractivity contribution in [2.45, 2.75) is 117 Å². The lowest BCUT2D eigenvalue weighted by molar-refractivity contribution is -0.213. The van der Waals surface area contributed by atoms with Crippen LogP contribution in [0, 0.1) is 34.5 Å². The number of carbonyl (C=O) groups is 2. The van der Waals surface area contributed by atoms with Gasteiger partial charge in [0.25, 0.3) is 0 Å². The molecule has 0 amide bonds. The Morgan fingerprint density at radius 3 is 2.65 bits per heavy atom. The van der Waals surface area contributed by atoms with E-state index in [1.165, 1.54) is 39.5 Å². The number of pyridine rings is 1. The number of ether oxygens (including phenoxy) is 4. The zero-order valence-electron chi connectivity index (χ0n) is 28.0. The molecule has 0 aromatic carbocycles. The van der Waals surface area contributed by atoms with Crippen molar-refractivity contribution in [1.82, 2.24) is 4.98 Å². The van der Waals surface area contributed by atoms with Crippen LogP contribution in [0.4, 0.5) is 0 Å². The molecule has 3 saturated carbocycles. The second kappa shape index (κ2) is 13.6. The average molecular weight is 635 g/mol. The summed E-state index contributed by atoms with van der Waals surface area (Å²) in [6.45, 7) is 10.4. The predicted octanol–water partition coefficient (Wildman–Crippen LogP) is 6.71. The van der Waals surface area contributed by atoms with Gasteiger partial charge in [0, 0.05) is 37.7 Å². The highest BCUT2D eigenvalue weighted by atomic mass is 16.7. The molecular formula is C37H50N2O7. The van der Waals surface area contributed by atoms with Crippen molar-refractivity contribution in [3.63, 3.8) is 0 Å². The fraction of sp³-hybridized carbons (Fsp3) is 0.676. The van der Waals surface area contributed by atoms with Crippen molar-refractivity contribution in [3.8, 4) is 0 Å². The lowest BCUT2D eigenvalue weighted by Crippen LogP contribution is -2.51. The summed E-state index contributed by atoms with van der Waals surface area (Å²) < 4.78 is 23.2. The molecular weight excluding hydrogens is 584 g/mol. The molecule has 0 bridgehead atoms. The summed E-state index contributed by atoms with van der Waals surface area (Å²) in [6, 6.07) is 3.94. The Balaban J connectivity index is 1.08. The average Bonchev–Trinajstić information content (AvgIpc) is 3.39. The van der Waals surface area contributed by atoms with Gasteiger partial charge in [0.05, 0.1) is 11.8 Å². The molecule has 1 aromatic rings. The second-order valence-corrected chi connectivity index (χ2v) is 14.6. The van der Waals surface area contributed by atoms with E-state index >= 15 is 0 Å². The zero-order chi connectivity index (χ0) is 32.5. The van der Waals surface area contributed by atoms with Gasteiger partial charge >= 0.3 is 11.9 Å². The number of carbonyl (C=O) groups excluding carboxylic acids is 2. The standard InChI is InChI=1S/C37H50N2O7/c1-23(39-43-21-26-7-6-18-38-20-26)30-10-11-31-29-9-8-27-19-28(14-16-36(27,4)32(29)15-17-37(30,31)5)45-35-13-12-33(44-25(3)41)34(46-35)22-42-24(2)40/h6-8,12-13,18,20,28-35H,9-11,14-17,19,21-22H2,1-5H3/b39-23+/t28-,29-,30+,31-,32-,33-,34+,35?,36-,37+/m0/s1. The van der Waals surface area contributed by atoms with Crippen LogP contribution in [0.5, 0.6) is 0 Å². The number of oxime groups is 1. The number of nitrogens with zero attached hydrogens (tertiary/aromatic N) is 2. The molecule has 3 fully saturated rings. The third-order valence-electron chi connectivity index (χ3n) is 11.9. The van der Waals surface area contributed by atoms with Crippen LogP contribution in [-0.2, 0) is 40.0 Å². The molecule has 0 N–H and O–H groups in total. The number of hydrogen-bond acceptors (Lipinski definition) is 9. The highest BCUT2D eigenvalue weighted by molar-refractivity contribution is 5.85. The van der Waals surface area contributed by atoms with Gasteiger partial charge in [0.1, 0.15) is 25.4 Å². The lowest BCUT2D eigenvalue weighted by Gasteiger charge is -2.58. The van der Waals surface area contributed by atoms with Gasteiger partial charge in [0.15, 0.2) is 6.29 Å². The quantitative estimate of drug-likeness (QED) is 0.128. The minimum absolute atomic E-state index is 0.000807. The number of rotatable bonds is 9. The topological polar surface area (TPSA) is 106 Å². The molecule has 1 unspecified atom stereocenters. The zero-order valence-corrected chi connectivity index (χ0v) is 28.0. The molecule has 1 aliphatic heterocycles. The van der Waals surface area contributed by atoms with E-state index in [1.807, 2.05) is 24.4 Å². The number of allylic oxidation sites excluding steroid dienone is 1. The minimum Gasteiger partial charge on any atom is -0.463 e. The maximum Gasteiger partial charge on any atom is 0.303 e. The van der Waals surface area contributed by atoms with E-state index in [0.29, 0.717) is 30.3 Å². The highest BCUT2D eigenvalue weighted by Gasteiger charge is 2.59. The van der Waals surface area contributed by atoms with Gasteiger partial charge in [-0.1, -0.05) is 36.7 Å². The van der Waals surface area contributed by atoms with Crippen LogP contribution in [0.2, 0.25) is 0 Å². The van der Waals surface area contributed by atoms with Gasteiger partial charge in [-0.3, -0.25) is 14.6 Å². The molecule has 0 radical (unpaired) electrons. The molecule has 6 rings (SSSR count). The van der Waals surface area contributed by atoms with E-state index in [2.05, 4.69) is 37.0 Å². The SMILES string of the molecule is CC(=O)OC[C@H]1OC(O[C@H]2CC[C@@]3(C)C(=CC[C@H]4[C@@H]5CC[C@H](/C(C)=N/OCc6cccnc6)[C@@]5(C)CC[C@@H]43)C2)C=C[C@@H]1OC(C)=O. The van der Waals surface area contributed by atoms with Crippen LogP contribution in [0.1, 0.15) is 91.5 Å². The molecule has 2 heterocycles. The predicted molar refractivity (Wildman–Crippen MR) is 172 cm³/mol.